The highest BCUT2D eigenvalue weighted by atomic mass is 16.6. The van der Waals surface area contributed by atoms with Crippen LogP contribution in [-0.2, 0) is 11.3 Å². The van der Waals surface area contributed by atoms with Crippen molar-refractivity contribution in [1.29, 1.82) is 0 Å². The largest absolute Gasteiger partial charge is 0.482 e. The highest BCUT2D eigenvalue weighted by molar-refractivity contribution is 5.96. The third-order valence-corrected chi connectivity index (χ3v) is 4.86. The number of rotatable bonds is 7. The molecule has 3 aromatic carbocycles. The zero-order valence-corrected chi connectivity index (χ0v) is 17.9. The van der Waals surface area contributed by atoms with E-state index in [0.29, 0.717) is 11.1 Å². The van der Waals surface area contributed by atoms with Gasteiger partial charge in [0.05, 0.1) is 0 Å². The van der Waals surface area contributed by atoms with Crippen molar-refractivity contribution in [2.75, 3.05) is 6.61 Å². The fraction of sp³-hybridized carbons (Fsp3) is 0.115. The van der Waals surface area contributed by atoms with Crippen molar-refractivity contribution in [1.82, 2.24) is 5.32 Å². The zero-order valence-electron chi connectivity index (χ0n) is 17.9. The lowest BCUT2D eigenvalue weighted by Crippen LogP contribution is -2.27. The van der Waals surface area contributed by atoms with Crippen LogP contribution in [0.25, 0.3) is 11.0 Å². The van der Waals surface area contributed by atoms with Crippen LogP contribution in [0.2, 0.25) is 0 Å². The number of benzene rings is 3. The van der Waals surface area contributed by atoms with E-state index < -0.39 is 17.5 Å². The van der Waals surface area contributed by atoms with Gasteiger partial charge in [0.2, 0.25) is 0 Å². The Morgan fingerprint density at radius 3 is 2.39 bits per heavy atom. The van der Waals surface area contributed by atoms with Crippen molar-refractivity contribution < 1.29 is 23.5 Å². The second-order valence-corrected chi connectivity index (χ2v) is 7.39. The minimum Gasteiger partial charge on any atom is -0.482 e. The molecular weight excluding hydrogens is 422 g/mol. The van der Waals surface area contributed by atoms with E-state index in [1.54, 1.807) is 24.3 Å². The fourth-order valence-electron chi connectivity index (χ4n) is 3.12. The molecule has 166 valence electrons. The molecule has 1 heterocycles. The van der Waals surface area contributed by atoms with E-state index in [1.165, 1.54) is 12.1 Å². The number of fused-ring (bicyclic) bond motifs is 1. The fourth-order valence-corrected chi connectivity index (χ4v) is 3.12. The second kappa shape index (κ2) is 9.82. The van der Waals surface area contributed by atoms with E-state index in [9.17, 15) is 14.4 Å². The monoisotopic (exact) mass is 443 g/mol. The Kier molecular flexibility index (Phi) is 6.50. The molecule has 4 rings (SSSR count). The summed E-state index contributed by atoms with van der Waals surface area (Å²) < 4.78 is 16.0. The van der Waals surface area contributed by atoms with Crippen molar-refractivity contribution in [3.05, 3.63) is 106 Å². The molecule has 4 aromatic rings. The maximum atomic E-state index is 12.4. The summed E-state index contributed by atoms with van der Waals surface area (Å²) in [6.07, 6.45) is 0. The average molecular weight is 443 g/mol. The van der Waals surface area contributed by atoms with E-state index in [2.05, 4.69) is 5.32 Å². The van der Waals surface area contributed by atoms with Gasteiger partial charge >= 0.3 is 11.6 Å². The van der Waals surface area contributed by atoms with Gasteiger partial charge in [-0.25, -0.2) is 9.59 Å². The van der Waals surface area contributed by atoms with E-state index >= 15 is 0 Å². The molecule has 7 nitrogen and oxygen atoms in total. The lowest BCUT2D eigenvalue weighted by molar-refractivity contribution is -0.136. The Labute approximate surface area is 189 Å². The van der Waals surface area contributed by atoms with Gasteiger partial charge in [0, 0.05) is 18.0 Å². The first kappa shape index (κ1) is 21.8. The molecule has 7 heteroatoms. The number of aryl methyl sites for hydroxylation is 1. The standard InChI is InChI=1S/C26H21NO6/c1-17-7-10-20(11-8-17)31-16-24(28)32-21-12-9-19-13-22(26(30)33-23(19)14-21)25(29)27-15-18-5-3-2-4-6-18/h2-14H,15-16H2,1H3,(H,27,29). The van der Waals surface area contributed by atoms with Crippen LogP contribution < -0.4 is 20.4 Å². The van der Waals surface area contributed by atoms with Gasteiger partial charge in [-0.1, -0.05) is 48.0 Å². The smallest absolute Gasteiger partial charge is 0.349 e. The summed E-state index contributed by atoms with van der Waals surface area (Å²) in [7, 11) is 0. The summed E-state index contributed by atoms with van der Waals surface area (Å²) in [6, 6.07) is 22.7. The highest BCUT2D eigenvalue weighted by Crippen LogP contribution is 2.21. The van der Waals surface area contributed by atoms with Gasteiger partial charge in [-0.15, -0.1) is 0 Å². The maximum absolute atomic E-state index is 12.4. The number of nitrogens with one attached hydrogen (secondary N) is 1. The quantitative estimate of drug-likeness (QED) is 0.263. The van der Waals surface area contributed by atoms with Gasteiger partial charge in [-0.05, 0) is 42.8 Å². The van der Waals surface area contributed by atoms with Crippen LogP contribution in [0.15, 0.2) is 88.1 Å². The third-order valence-electron chi connectivity index (χ3n) is 4.86. The Morgan fingerprint density at radius 2 is 1.64 bits per heavy atom. The van der Waals surface area contributed by atoms with Crippen LogP contribution in [0.4, 0.5) is 0 Å². The molecule has 0 aliphatic carbocycles. The zero-order chi connectivity index (χ0) is 23.2. The van der Waals surface area contributed by atoms with Crippen molar-refractivity contribution in [3.63, 3.8) is 0 Å². The number of amides is 1. The third kappa shape index (κ3) is 5.65. The molecule has 0 spiro atoms. The molecule has 0 saturated heterocycles. The minimum absolute atomic E-state index is 0.102. The van der Waals surface area contributed by atoms with E-state index in [0.717, 1.165) is 11.1 Å². The molecule has 1 amide bonds. The Hall–Kier alpha value is -4.39. The van der Waals surface area contributed by atoms with Crippen LogP contribution in [-0.4, -0.2) is 18.5 Å². The predicted molar refractivity (Wildman–Crippen MR) is 122 cm³/mol. The first-order valence-electron chi connectivity index (χ1n) is 10.3. The summed E-state index contributed by atoms with van der Waals surface area (Å²) >= 11 is 0. The van der Waals surface area contributed by atoms with Crippen LogP contribution in [0.1, 0.15) is 21.5 Å². The van der Waals surface area contributed by atoms with Gasteiger partial charge < -0.3 is 19.2 Å². The number of carbonyl (C=O) groups excluding carboxylic acids is 2. The summed E-state index contributed by atoms with van der Waals surface area (Å²) in [5.41, 5.74) is 1.31. The molecule has 0 atom stereocenters. The topological polar surface area (TPSA) is 94.8 Å². The first-order valence-corrected chi connectivity index (χ1v) is 10.3. The molecule has 33 heavy (non-hydrogen) atoms. The average Bonchev–Trinajstić information content (AvgIpc) is 2.82. The molecule has 0 fully saturated rings. The Balaban J connectivity index is 1.41. The predicted octanol–water partition coefficient (Wildman–Crippen LogP) is 4.02. The molecule has 0 unspecified atom stereocenters. The maximum Gasteiger partial charge on any atom is 0.349 e. The van der Waals surface area contributed by atoms with E-state index in [-0.39, 0.29) is 30.0 Å². The van der Waals surface area contributed by atoms with Gasteiger partial charge in [-0.2, -0.15) is 0 Å². The molecule has 0 saturated carbocycles. The summed E-state index contributed by atoms with van der Waals surface area (Å²) in [5.74, 6) is -0.378. The summed E-state index contributed by atoms with van der Waals surface area (Å²) in [5, 5.41) is 3.23. The van der Waals surface area contributed by atoms with Crippen LogP contribution >= 0.6 is 0 Å². The van der Waals surface area contributed by atoms with Crippen LogP contribution in [0, 0.1) is 6.92 Å². The Bertz CT molecular complexity index is 1340. The number of ether oxygens (including phenoxy) is 2. The molecule has 0 radical (unpaired) electrons. The molecule has 0 aliphatic rings. The van der Waals surface area contributed by atoms with Crippen LogP contribution in [0.5, 0.6) is 11.5 Å². The van der Waals surface area contributed by atoms with Gasteiger partial charge in [0.25, 0.3) is 5.91 Å². The number of esters is 1. The van der Waals surface area contributed by atoms with Gasteiger partial charge in [0.1, 0.15) is 22.6 Å². The number of carbonyl (C=O) groups is 2. The molecular formula is C26H21NO6. The highest BCUT2D eigenvalue weighted by Gasteiger charge is 2.15. The SMILES string of the molecule is Cc1ccc(OCC(=O)Oc2ccc3cc(C(=O)NCc4ccccc4)c(=O)oc3c2)cc1. The first-order chi connectivity index (χ1) is 16.0. The minimum atomic E-state index is -0.778. The van der Waals surface area contributed by atoms with E-state index in [4.69, 9.17) is 13.9 Å². The molecule has 1 N–H and O–H groups in total. The van der Waals surface area contributed by atoms with Crippen LogP contribution in [0.3, 0.4) is 0 Å². The van der Waals surface area contributed by atoms with Crippen molar-refractivity contribution in [3.8, 4) is 11.5 Å². The second-order valence-electron chi connectivity index (χ2n) is 7.39. The lowest BCUT2D eigenvalue weighted by atomic mass is 10.1. The Morgan fingerprint density at radius 1 is 0.909 bits per heavy atom. The number of hydrogen-bond acceptors (Lipinski definition) is 6. The normalized spacial score (nSPS) is 10.6. The molecule has 1 aromatic heterocycles. The molecule has 0 aliphatic heterocycles. The van der Waals surface area contributed by atoms with Crippen molar-refractivity contribution >= 4 is 22.8 Å². The van der Waals surface area contributed by atoms with E-state index in [1.807, 2.05) is 49.4 Å². The number of hydrogen-bond donors (Lipinski definition) is 1. The van der Waals surface area contributed by atoms with Gasteiger partial charge in [-0.3, -0.25) is 4.79 Å². The lowest BCUT2D eigenvalue weighted by Gasteiger charge is -2.08. The summed E-state index contributed by atoms with van der Waals surface area (Å²) in [4.78, 5) is 36.9. The molecule has 0 bridgehead atoms. The summed E-state index contributed by atoms with van der Waals surface area (Å²) in [6.45, 7) is 1.97. The van der Waals surface area contributed by atoms with Crippen molar-refractivity contribution in [2.24, 2.45) is 0 Å². The van der Waals surface area contributed by atoms with Crippen molar-refractivity contribution in [2.45, 2.75) is 13.5 Å². The van der Waals surface area contributed by atoms with Gasteiger partial charge in [0.15, 0.2) is 6.61 Å².